The molecule has 3 heterocycles. The second-order valence-electron chi connectivity index (χ2n) is 3.46. The Morgan fingerprint density at radius 2 is 2.28 bits per heavy atom. The van der Waals surface area contributed by atoms with Crippen LogP contribution in [0.2, 0.25) is 0 Å². The Balaban J connectivity index is 1.67. The van der Waals surface area contributed by atoms with Gasteiger partial charge in [0.25, 0.3) is 0 Å². The van der Waals surface area contributed by atoms with Crippen LogP contribution in [0.5, 0.6) is 0 Å². The van der Waals surface area contributed by atoms with Gasteiger partial charge < -0.3 is 5.73 Å². The van der Waals surface area contributed by atoms with Crippen molar-refractivity contribution in [3.05, 3.63) is 34.1 Å². The predicted octanol–water partition coefficient (Wildman–Crippen LogP) is 4.20. The number of thiophene rings is 1. The first kappa shape index (κ1) is 12.2. The monoisotopic (exact) mass is 311 g/mol. The zero-order chi connectivity index (χ0) is 12.4. The number of thioether (sulfide) groups is 1. The lowest BCUT2D eigenvalue weighted by atomic mass is 10.4. The van der Waals surface area contributed by atoms with Crippen molar-refractivity contribution >= 4 is 50.9 Å². The van der Waals surface area contributed by atoms with Gasteiger partial charge in [-0.25, -0.2) is 9.97 Å². The standard InChI is InChI=1S/C11H9N3S4/c12-11-13-3-9(18-11)16-5-8-6-17-10(14-8)7-1-2-15-4-7/h1-4,6H,5H2,(H2,12,13). The largest absolute Gasteiger partial charge is 0.375 e. The molecule has 0 atom stereocenters. The number of nitrogens with two attached hydrogens (primary N) is 1. The average molecular weight is 311 g/mol. The molecule has 0 amide bonds. The van der Waals surface area contributed by atoms with Crippen molar-refractivity contribution in [1.29, 1.82) is 0 Å². The van der Waals surface area contributed by atoms with Gasteiger partial charge in [-0.05, 0) is 11.4 Å². The Hall–Kier alpha value is -0.890. The van der Waals surface area contributed by atoms with Gasteiger partial charge in [-0.1, -0.05) is 11.3 Å². The van der Waals surface area contributed by atoms with Crippen molar-refractivity contribution < 1.29 is 0 Å². The van der Waals surface area contributed by atoms with Crippen LogP contribution in [-0.2, 0) is 5.75 Å². The molecule has 0 unspecified atom stereocenters. The summed E-state index contributed by atoms with van der Waals surface area (Å²) in [6, 6.07) is 2.10. The van der Waals surface area contributed by atoms with Gasteiger partial charge in [0.1, 0.15) is 5.01 Å². The van der Waals surface area contributed by atoms with E-state index in [0.29, 0.717) is 5.13 Å². The van der Waals surface area contributed by atoms with Gasteiger partial charge in [0, 0.05) is 22.1 Å². The number of anilines is 1. The number of nitrogens with zero attached hydrogens (tertiary/aromatic N) is 2. The summed E-state index contributed by atoms with van der Waals surface area (Å²) >= 11 is 6.64. The van der Waals surface area contributed by atoms with E-state index in [9.17, 15) is 0 Å². The van der Waals surface area contributed by atoms with E-state index in [2.05, 4.69) is 32.2 Å². The van der Waals surface area contributed by atoms with Crippen LogP contribution in [0.25, 0.3) is 10.6 Å². The van der Waals surface area contributed by atoms with Gasteiger partial charge in [-0.3, -0.25) is 0 Å². The van der Waals surface area contributed by atoms with Crippen molar-refractivity contribution in [2.45, 2.75) is 9.96 Å². The summed E-state index contributed by atoms with van der Waals surface area (Å²) in [6.07, 6.45) is 1.82. The highest BCUT2D eigenvalue weighted by molar-refractivity contribution is 8.00. The second kappa shape index (κ2) is 5.40. The van der Waals surface area contributed by atoms with E-state index in [1.54, 1.807) is 34.4 Å². The quantitative estimate of drug-likeness (QED) is 0.734. The van der Waals surface area contributed by atoms with Crippen molar-refractivity contribution in [3.8, 4) is 10.6 Å². The molecule has 2 N–H and O–H groups in total. The van der Waals surface area contributed by atoms with E-state index in [1.165, 1.54) is 16.9 Å². The Morgan fingerprint density at radius 3 is 3.00 bits per heavy atom. The number of hydrogen-bond donors (Lipinski definition) is 1. The number of nitrogen functional groups attached to an aromatic ring is 1. The molecule has 0 aliphatic heterocycles. The molecule has 92 valence electrons. The van der Waals surface area contributed by atoms with Crippen LogP contribution >= 0.6 is 45.8 Å². The molecule has 0 bridgehead atoms. The van der Waals surface area contributed by atoms with Crippen molar-refractivity contribution in [1.82, 2.24) is 9.97 Å². The summed E-state index contributed by atoms with van der Waals surface area (Å²) in [7, 11) is 0. The van der Waals surface area contributed by atoms with Crippen molar-refractivity contribution in [2.24, 2.45) is 0 Å². The molecule has 0 spiro atoms. The maximum Gasteiger partial charge on any atom is 0.181 e. The predicted molar refractivity (Wildman–Crippen MR) is 81.5 cm³/mol. The molecule has 3 aromatic heterocycles. The third-order valence-electron chi connectivity index (χ3n) is 2.18. The van der Waals surface area contributed by atoms with Crippen LogP contribution < -0.4 is 5.73 Å². The highest BCUT2D eigenvalue weighted by Crippen LogP contribution is 2.31. The number of aromatic nitrogens is 2. The third kappa shape index (κ3) is 2.74. The van der Waals surface area contributed by atoms with Gasteiger partial charge in [0.15, 0.2) is 5.13 Å². The molecule has 0 aromatic carbocycles. The lowest BCUT2D eigenvalue weighted by molar-refractivity contribution is 1.24. The van der Waals surface area contributed by atoms with Crippen LogP contribution in [0.4, 0.5) is 5.13 Å². The van der Waals surface area contributed by atoms with E-state index in [0.717, 1.165) is 20.7 Å². The summed E-state index contributed by atoms with van der Waals surface area (Å²) in [5.74, 6) is 0.863. The minimum atomic E-state index is 0.620. The van der Waals surface area contributed by atoms with Gasteiger partial charge in [-0.2, -0.15) is 11.3 Å². The second-order valence-corrected chi connectivity index (χ2v) is 7.44. The van der Waals surface area contributed by atoms with Crippen LogP contribution in [-0.4, -0.2) is 9.97 Å². The van der Waals surface area contributed by atoms with Crippen LogP contribution in [0, 0.1) is 0 Å². The normalized spacial score (nSPS) is 10.9. The Kier molecular flexibility index (Phi) is 3.64. The summed E-state index contributed by atoms with van der Waals surface area (Å²) in [5, 5.41) is 8.03. The first-order valence-electron chi connectivity index (χ1n) is 5.12. The molecular weight excluding hydrogens is 302 g/mol. The Bertz CT molecular complexity index is 626. The summed E-state index contributed by atoms with van der Waals surface area (Å²) in [4.78, 5) is 8.67. The molecule has 7 heteroatoms. The van der Waals surface area contributed by atoms with Crippen LogP contribution in [0.3, 0.4) is 0 Å². The maximum absolute atomic E-state index is 5.60. The lowest BCUT2D eigenvalue weighted by Gasteiger charge is -1.93. The fourth-order valence-corrected chi connectivity index (χ4v) is 4.66. The number of hydrogen-bond acceptors (Lipinski definition) is 7. The topological polar surface area (TPSA) is 51.8 Å². The molecule has 0 saturated carbocycles. The fourth-order valence-electron chi connectivity index (χ4n) is 1.38. The molecule has 18 heavy (non-hydrogen) atoms. The molecule has 0 fully saturated rings. The molecule has 3 nitrogen and oxygen atoms in total. The van der Waals surface area contributed by atoms with Gasteiger partial charge in [-0.15, -0.1) is 23.1 Å². The number of thiazole rings is 2. The first-order valence-corrected chi connectivity index (χ1v) is 8.75. The molecule has 0 aliphatic rings. The highest BCUT2D eigenvalue weighted by atomic mass is 32.2. The molecule has 3 rings (SSSR count). The highest BCUT2D eigenvalue weighted by Gasteiger charge is 2.06. The first-order chi connectivity index (χ1) is 8.81. The van der Waals surface area contributed by atoms with E-state index >= 15 is 0 Å². The lowest BCUT2D eigenvalue weighted by Crippen LogP contribution is -1.79. The van der Waals surface area contributed by atoms with Crippen LogP contribution in [0.15, 0.2) is 32.6 Å². The fraction of sp³-hybridized carbons (Fsp3) is 0.0909. The summed E-state index contributed by atoms with van der Waals surface area (Å²) in [6.45, 7) is 0. The van der Waals surface area contributed by atoms with E-state index < -0.39 is 0 Å². The van der Waals surface area contributed by atoms with E-state index in [1.807, 2.05) is 6.20 Å². The van der Waals surface area contributed by atoms with Gasteiger partial charge in [0.05, 0.1) is 16.1 Å². The SMILES string of the molecule is Nc1ncc(SCc2csc(-c3ccsc3)n2)s1. The van der Waals surface area contributed by atoms with Crippen molar-refractivity contribution in [2.75, 3.05) is 5.73 Å². The van der Waals surface area contributed by atoms with E-state index in [-0.39, 0.29) is 0 Å². The maximum atomic E-state index is 5.60. The van der Waals surface area contributed by atoms with Gasteiger partial charge in [0.2, 0.25) is 0 Å². The molecule has 0 aliphatic carbocycles. The molecule has 3 aromatic rings. The Labute approximate surface area is 121 Å². The molecule has 0 radical (unpaired) electrons. The number of rotatable bonds is 4. The smallest absolute Gasteiger partial charge is 0.181 e. The third-order valence-corrected chi connectivity index (χ3v) is 5.86. The van der Waals surface area contributed by atoms with Crippen LogP contribution in [0.1, 0.15) is 5.69 Å². The molecular formula is C11H9N3S4. The van der Waals surface area contributed by atoms with Crippen molar-refractivity contribution in [3.63, 3.8) is 0 Å². The molecule has 0 saturated heterocycles. The Morgan fingerprint density at radius 1 is 1.33 bits per heavy atom. The zero-order valence-corrected chi connectivity index (χ0v) is 12.5. The minimum Gasteiger partial charge on any atom is -0.375 e. The van der Waals surface area contributed by atoms with Gasteiger partial charge >= 0.3 is 0 Å². The summed E-state index contributed by atoms with van der Waals surface area (Å²) in [5.41, 5.74) is 7.92. The summed E-state index contributed by atoms with van der Waals surface area (Å²) < 4.78 is 1.14. The zero-order valence-electron chi connectivity index (χ0n) is 9.20. The minimum absolute atomic E-state index is 0.620. The van der Waals surface area contributed by atoms with E-state index in [4.69, 9.17) is 5.73 Å². The average Bonchev–Trinajstić information content (AvgIpc) is 3.07.